The van der Waals surface area contributed by atoms with E-state index in [-0.39, 0.29) is 18.6 Å². The number of benzene rings is 1. The molecular weight excluding hydrogens is 270 g/mol. The van der Waals surface area contributed by atoms with E-state index >= 15 is 0 Å². The molecular formula is C16H23NO4. The first-order valence-electron chi connectivity index (χ1n) is 7.35. The fraction of sp³-hybridized carbons (Fsp3) is 0.562. The van der Waals surface area contributed by atoms with Crippen molar-refractivity contribution in [3.8, 4) is 0 Å². The van der Waals surface area contributed by atoms with Gasteiger partial charge in [-0.05, 0) is 18.4 Å². The molecule has 116 valence electrons. The number of methoxy groups -OCH3 is 1. The van der Waals surface area contributed by atoms with Crippen LogP contribution in [0.1, 0.15) is 24.5 Å². The van der Waals surface area contributed by atoms with E-state index in [0.29, 0.717) is 19.7 Å². The second-order valence-corrected chi connectivity index (χ2v) is 5.15. The molecule has 1 aromatic rings. The lowest BCUT2D eigenvalue weighted by atomic mass is 10.0. The lowest BCUT2D eigenvalue weighted by molar-refractivity contribution is -0.145. The highest BCUT2D eigenvalue weighted by atomic mass is 16.5. The molecule has 1 atom stereocenters. The first kappa shape index (κ1) is 15.9. The molecule has 1 unspecified atom stereocenters. The molecule has 0 saturated carbocycles. The van der Waals surface area contributed by atoms with E-state index in [2.05, 4.69) is 0 Å². The number of amides is 1. The van der Waals surface area contributed by atoms with Crippen molar-refractivity contribution in [3.05, 3.63) is 35.9 Å². The normalized spacial score (nSPS) is 17.7. The summed E-state index contributed by atoms with van der Waals surface area (Å²) in [5.41, 5.74) is 0.878. The third kappa shape index (κ3) is 4.27. The number of carbonyl (C=O) groups is 1. The van der Waals surface area contributed by atoms with Gasteiger partial charge in [0.1, 0.15) is 0 Å². The molecule has 1 N–H and O–H groups in total. The summed E-state index contributed by atoms with van der Waals surface area (Å²) in [6, 6.07) is 9.55. The van der Waals surface area contributed by atoms with Gasteiger partial charge in [0, 0.05) is 20.2 Å². The van der Waals surface area contributed by atoms with Crippen molar-refractivity contribution in [1.29, 1.82) is 0 Å². The van der Waals surface area contributed by atoms with Gasteiger partial charge in [0.15, 0.2) is 6.10 Å². The Hall–Kier alpha value is -1.43. The molecule has 1 fully saturated rings. The van der Waals surface area contributed by atoms with Crippen LogP contribution in [0.3, 0.4) is 0 Å². The van der Waals surface area contributed by atoms with Gasteiger partial charge in [0.05, 0.1) is 19.3 Å². The van der Waals surface area contributed by atoms with E-state index in [0.717, 1.165) is 18.4 Å². The minimum atomic E-state index is -0.541. The number of carbonyl (C=O) groups excluding carboxylic acids is 1. The van der Waals surface area contributed by atoms with Gasteiger partial charge in [-0.25, -0.2) is 0 Å². The number of rotatable bonds is 6. The number of piperidine rings is 1. The summed E-state index contributed by atoms with van der Waals surface area (Å²) < 4.78 is 10.9. The first-order valence-corrected chi connectivity index (χ1v) is 7.35. The Kier molecular flexibility index (Phi) is 6.17. The molecule has 1 amide bonds. The molecule has 21 heavy (non-hydrogen) atoms. The van der Waals surface area contributed by atoms with Crippen molar-refractivity contribution in [1.82, 2.24) is 4.90 Å². The first-order chi connectivity index (χ1) is 10.3. The summed E-state index contributed by atoms with van der Waals surface area (Å²) in [6.45, 7) is 1.74. The Labute approximate surface area is 125 Å². The van der Waals surface area contributed by atoms with Gasteiger partial charge in [-0.2, -0.15) is 0 Å². The molecule has 5 heteroatoms. The van der Waals surface area contributed by atoms with Crippen molar-refractivity contribution in [3.63, 3.8) is 0 Å². The van der Waals surface area contributed by atoms with E-state index < -0.39 is 6.10 Å². The van der Waals surface area contributed by atoms with Crippen LogP contribution in [0.25, 0.3) is 0 Å². The van der Waals surface area contributed by atoms with Crippen molar-refractivity contribution < 1.29 is 19.4 Å². The summed E-state index contributed by atoms with van der Waals surface area (Å²) in [6.07, 6.45) is 1.20. The lowest BCUT2D eigenvalue weighted by Crippen LogP contribution is -2.43. The predicted molar refractivity (Wildman–Crippen MR) is 78.8 cm³/mol. The molecule has 0 spiro atoms. The van der Waals surface area contributed by atoms with Crippen LogP contribution in [0.4, 0.5) is 0 Å². The van der Waals surface area contributed by atoms with Crippen molar-refractivity contribution >= 4 is 5.91 Å². The van der Waals surface area contributed by atoms with Gasteiger partial charge < -0.3 is 19.5 Å². The van der Waals surface area contributed by atoms with Crippen LogP contribution in [-0.2, 0) is 14.3 Å². The monoisotopic (exact) mass is 293 g/mol. The molecule has 1 aliphatic heterocycles. The van der Waals surface area contributed by atoms with Gasteiger partial charge in [0.2, 0.25) is 0 Å². The third-order valence-corrected chi connectivity index (χ3v) is 3.76. The Morgan fingerprint density at radius 3 is 2.57 bits per heavy atom. The highest BCUT2D eigenvalue weighted by Gasteiger charge is 2.29. The van der Waals surface area contributed by atoms with Gasteiger partial charge in [-0.1, -0.05) is 30.3 Å². The highest BCUT2D eigenvalue weighted by Crippen LogP contribution is 2.22. The van der Waals surface area contributed by atoms with E-state index in [4.69, 9.17) is 14.6 Å². The molecule has 0 aromatic heterocycles. The van der Waals surface area contributed by atoms with E-state index in [1.807, 2.05) is 35.2 Å². The minimum Gasteiger partial charge on any atom is -0.394 e. The third-order valence-electron chi connectivity index (χ3n) is 3.76. The summed E-state index contributed by atoms with van der Waals surface area (Å²) in [4.78, 5) is 14.4. The topological polar surface area (TPSA) is 59.0 Å². The Morgan fingerprint density at radius 2 is 2.00 bits per heavy atom. The summed E-state index contributed by atoms with van der Waals surface area (Å²) in [7, 11) is 1.56. The maximum atomic E-state index is 12.6. The van der Waals surface area contributed by atoms with Crippen LogP contribution < -0.4 is 0 Å². The number of nitrogens with zero attached hydrogens (tertiary/aromatic N) is 1. The summed E-state index contributed by atoms with van der Waals surface area (Å²) in [5.74, 6) is 0.00399. The molecule has 1 aromatic carbocycles. The second-order valence-electron chi connectivity index (χ2n) is 5.15. The largest absolute Gasteiger partial charge is 0.394 e. The summed E-state index contributed by atoms with van der Waals surface area (Å²) in [5, 5.41) is 8.76. The van der Waals surface area contributed by atoms with E-state index in [1.54, 1.807) is 7.11 Å². The molecule has 5 nitrogen and oxygen atoms in total. The molecule has 1 saturated heterocycles. The fourth-order valence-electron chi connectivity index (χ4n) is 2.64. The number of ether oxygens (including phenoxy) is 2. The zero-order valence-corrected chi connectivity index (χ0v) is 12.4. The smallest absolute Gasteiger partial charge is 0.256 e. The Bertz CT molecular complexity index is 429. The van der Waals surface area contributed by atoms with Crippen molar-refractivity contribution in [2.24, 2.45) is 0 Å². The molecule has 2 rings (SSSR count). The van der Waals surface area contributed by atoms with Gasteiger partial charge in [-0.15, -0.1) is 0 Å². The number of hydrogen-bond donors (Lipinski definition) is 1. The Balaban J connectivity index is 1.91. The van der Waals surface area contributed by atoms with Crippen LogP contribution in [0.2, 0.25) is 0 Å². The van der Waals surface area contributed by atoms with Crippen LogP contribution >= 0.6 is 0 Å². The SMILES string of the molecule is COC(C(=O)N1CCC(OCCO)CC1)c1ccccc1. The number of aliphatic hydroxyl groups excluding tert-OH is 1. The summed E-state index contributed by atoms with van der Waals surface area (Å²) >= 11 is 0. The maximum Gasteiger partial charge on any atom is 0.256 e. The molecule has 0 bridgehead atoms. The van der Waals surface area contributed by atoms with Gasteiger partial charge in [-0.3, -0.25) is 4.79 Å². The highest BCUT2D eigenvalue weighted by molar-refractivity contribution is 5.82. The Morgan fingerprint density at radius 1 is 1.33 bits per heavy atom. The lowest BCUT2D eigenvalue weighted by Gasteiger charge is -2.33. The number of hydrogen-bond acceptors (Lipinski definition) is 4. The average molecular weight is 293 g/mol. The van der Waals surface area contributed by atoms with Crippen LogP contribution in [0.15, 0.2) is 30.3 Å². The fourth-order valence-corrected chi connectivity index (χ4v) is 2.64. The molecule has 1 aliphatic rings. The van der Waals surface area contributed by atoms with Crippen molar-refractivity contribution in [2.45, 2.75) is 25.0 Å². The quantitative estimate of drug-likeness (QED) is 0.861. The van der Waals surface area contributed by atoms with E-state index in [1.165, 1.54) is 0 Å². The average Bonchev–Trinajstić information content (AvgIpc) is 2.55. The van der Waals surface area contributed by atoms with Crippen molar-refractivity contribution in [2.75, 3.05) is 33.4 Å². The molecule has 0 radical (unpaired) electrons. The van der Waals surface area contributed by atoms with Crippen LogP contribution in [0, 0.1) is 0 Å². The van der Waals surface area contributed by atoms with Gasteiger partial charge in [0.25, 0.3) is 5.91 Å². The van der Waals surface area contributed by atoms with Crippen LogP contribution in [0.5, 0.6) is 0 Å². The zero-order chi connectivity index (χ0) is 15.1. The van der Waals surface area contributed by atoms with Gasteiger partial charge >= 0.3 is 0 Å². The predicted octanol–water partition coefficient (Wildman–Crippen LogP) is 1.37. The zero-order valence-electron chi connectivity index (χ0n) is 12.4. The molecule has 1 heterocycles. The minimum absolute atomic E-state index is 0.00399. The number of likely N-dealkylation sites (tertiary alicyclic amines) is 1. The molecule has 0 aliphatic carbocycles. The van der Waals surface area contributed by atoms with E-state index in [9.17, 15) is 4.79 Å². The maximum absolute atomic E-state index is 12.6. The van der Waals surface area contributed by atoms with Crippen LogP contribution in [-0.4, -0.2) is 55.4 Å². The standard InChI is InChI=1S/C16H23NO4/c1-20-15(13-5-3-2-4-6-13)16(19)17-9-7-14(8-10-17)21-12-11-18/h2-6,14-15,18H,7-12H2,1H3. The number of aliphatic hydroxyl groups is 1. The second kappa shape index (κ2) is 8.12.